The fraction of sp³-hybridized carbons (Fsp3) is 0.579. The number of esters is 1. The molecule has 2 aliphatic rings. The fourth-order valence-electron chi connectivity index (χ4n) is 3.85. The van der Waals surface area contributed by atoms with Crippen molar-refractivity contribution < 1.29 is 14.4 Å². The quantitative estimate of drug-likeness (QED) is 0.602. The summed E-state index contributed by atoms with van der Waals surface area (Å²) >= 11 is 5.76. The van der Waals surface area contributed by atoms with Crippen LogP contribution < -0.4 is 4.90 Å². The van der Waals surface area contributed by atoms with Gasteiger partial charge in [-0.3, -0.25) is 14.3 Å². The molecule has 3 heterocycles. The van der Waals surface area contributed by atoms with Crippen molar-refractivity contribution in [3.8, 4) is 11.4 Å². The van der Waals surface area contributed by atoms with Crippen LogP contribution in [0.15, 0.2) is 24.5 Å². The van der Waals surface area contributed by atoms with Gasteiger partial charge in [-0.05, 0) is 57.0 Å². The first-order chi connectivity index (χ1) is 13.2. The topological polar surface area (TPSA) is 66.4 Å². The van der Waals surface area contributed by atoms with Crippen molar-refractivity contribution in [3.05, 3.63) is 29.3 Å². The van der Waals surface area contributed by atoms with Crippen molar-refractivity contribution >= 4 is 18.2 Å². The van der Waals surface area contributed by atoms with E-state index < -0.39 is 0 Å². The molecule has 0 aromatic carbocycles. The maximum atomic E-state index is 12.1. The highest BCUT2D eigenvalue weighted by molar-refractivity contribution is 7.71. The average Bonchev–Trinajstić information content (AvgIpc) is 3.48. The van der Waals surface area contributed by atoms with E-state index in [2.05, 4.69) is 9.55 Å². The minimum absolute atomic E-state index is 0.0203. The number of ether oxygens (including phenoxy) is 1. The van der Waals surface area contributed by atoms with E-state index in [1.807, 2.05) is 23.7 Å². The van der Waals surface area contributed by atoms with Crippen LogP contribution in [0.5, 0.6) is 0 Å². The molecule has 0 bridgehead atoms. The highest BCUT2D eigenvalue weighted by Crippen LogP contribution is 2.38. The SMILES string of the molecule is CCOC(=O)[C@@H]1CCC[NH+](Cn2nc(-c3ccncc3)n(C3CC3)c2=S)C1. The number of nitrogens with zero attached hydrogens (tertiary/aromatic N) is 4. The van der Waals surface area contributed by atoms with E-state index in [0.717, 1.165) is 54.9 Å². The zero-order chi connectivity index (χ0) is 18.8. The molecule has 0 spiro atoms. The third kappa shape index (κ3) is 3.96. The Morgan fingerprint density at radius 2 is 2.11 bits per heavy atom. The summed E-state index contributed by atoms with van der Waals surface area (Å²) in [7, 11) is 0. The molecule has 1 aliphatic heterocycles. The smallest absolute Gasteiger partial charge is 0.314 e. The van der Waals surface area contributed by atoms with Crippen molar-refractivity contribution in [2.75, 3.05) is 19.7 Å². The van der Waals surface area contributed by atoms with Crippen molar-refractivity contribution in [1.82, 2.24) is 19.3 Å². The van der Waals surface area contributed by atoms with Crippen LogP contribution in [-0.2, 0) is 16.2 Å². The molecule has 2 atom stereocenters. The number of aromatic nitrogens is 4. The molecule has 1 saturated heterocycles. The lowest BCUT2D eigenvalue weighted by atomic mass is 9.99. The Morgan fingerprint density at radius 1 is 1.33 bits per heavy atom. The van der Waals surface area contributed by atoms with Gasteiger partial charge in [0, 0.05) is 24.0 Å². The summed E-state index contributed by atoms with van der Waals surface area (Å²) in [6.07, 6.45) is 7.81. The summed E-state index contributed by atoms with van der Waals surface area (Å²) in [6, 6.07) is 4.41. The van der Waals surface area contributed by atoms with Crippen LogP contribution in [0.2, 0.25) is 0 Å². The van der Waals surface area contributed by atoms with Crippen LogP contribution in [-0.4, -0.2) is 45.0 Å². The maximum absolute atomic E-state index is 12.1. The van der Waals surface area contributed by atoms with E-state index in [-0.39, 0.29) is 11.9 Å². The summed E-state index contributed by atoms with van der Waals surface area (Å²) in [5.74, 6) is 0.829. The van der Waals surface area contributed by atoms with Crippen LogP contribution in [0.3, 0.4) is 0 Å². The molecule has 4 rings (SSSR count). The largest absolute Gasteiger partial charge is 0.466 e. The fourth-order valence-corrected chi connectivity index (χ4v) is 4.19. The Balaban J connectivity index is 1.56. The predicted octanol–water partition coefficient (Wildman–Crippen LogP) is 1.63. The molecule has 0 radical (unpaired) electrons. The Morgan fingerprint density at radius 3 is 2.81 bits per heavy atom. The van der Waals surface area contributed by atoms with Gasteiger partial charge >= 0.3 is 5.97 Å². The van der Waals surface area contributed by atoms with Crippen molar-refractivity contribution in [3.63, 3.8) is 0 Å². The molecule has 27 heavy (non-hydrogen) atoms. The summed E-state index contributed by atoms with van der Waals surface area (Å²) in [4.78, 5) is 17.6. The molecule has 2 aromatic heterocycles. The van der Waals surface area contributed by atoms with Crippen molar-refractivity contribution in [1.29, 1.82) is 0 Å². The molecule has 1 N–H and O–H groups in total. The first-order valence-electron chi connectivity index (χ1n) is 9.77. The summed E-state index contributed by atoms with van der Waals surface area (Å²) < 4.78 is 10.1. The third-order valence-electron chi connectivity index (χ3n) is 5.33. The molecule has 2 aromatic rings. The molecule has 0 amide bonds. The van der Waals surface area contributed by atoms with Gasteiger partial charge < -0.3 is 9.64 Å². The molecule has 7 nitrogen and oxygen atoms in total. The van der Waals surface area contributed by atoms with Crippen LogP contribution >= 0.6 is 12.2 Å². The predicted molar refractivity (Wildman–Crippen MR) is 103 cm³/mol. The van der Waals surface area contributed by atoms with Gasteiger partial charge in [-0.15, -0.1) is 5.10 Å². The van der Waals surface area contributed by atoms with Crippen molar-refractivity contribution in [2.24, 2.45) is 5.92 Å². The monoisotopic (exact) mass is 388 g/mol. The molecule has 144 valence electrons. The first-order valence-corrected chi connectivity index (χ1v) is 10.2. The molecule has 1 unspecified atom stereocenters. The maximum Gasteiger partial charge on any atom is 0.314 e. The summed E-state index contributed by atoms with van der Waals surface area (Å²) in [6.45, 7) is 4.79. The number of rotatable bonds is 6. The second-order valence-electron chi connectivity index (χ2n) is 7.40. The summed E-state index contributed by atoms with van der Waals surface area (Å²) in [5.41, 5.74) is 1.04. The zero-order valence-electron chi connectivity index (χ0n) is 15.6. The van der Waals surface area contributed by atoms with E-state index >= 15 is 0 Å². The number of nitrogens with one attached hydrogen (secondary N) is 1. The third-order valence-corrected chi connectivity index (χ3v) is 5.74. The standard InChI is InChI=1S/C19H25N5O2S/c1-2-26-18(25)15-4-3-11-22(12-15)13-23-19(27)24(16-5-6-16)17(21-23)14-7-9-20-10-8-14/h7-10,15-16H,2-6,11-13H2,1H3/p+1/t15-/m1/s1. The van der Waals surface area contributed by atoms with E-state index in [1.54, 1.807) is 12.4 Å². The van der Waals surface area contributed by atoms with Gasteiger partial charge in [0.15, 0.2) is 12.5 Å². The van der Waals surface area contributed by atoms with Gasteiger partial charge in [-0.25, -0.2) is 0 Å². The van der Waals surface area contributed by atoms with Gasteiger partial charge in [-0.2, -0.15) is 4.68 Å². The Bertz CT molecular complexity index is 859. The number of likely N-dealkylation sites (tertiary alicyclic amines) is 1. The average molecular weight is 389 g/mol. The van der Waals surface area contributed by atoms with Crippen LogP contribution in [0.4, 0.5) is 0 Å². The highest BCUT2D eigenvalue weighted by Gasteiger charge is 2.32. The number of piperidine rings is 1. The molecule has 8 heteroatoms. The molecule has 1 saturated carbocycles. The highest BCUT2D eigenvalue weighted by atomic mass is 32.1. The van der Waals surface area contributed by atoms with Gasteiger partial charge in [0.2, 0.25) is 4.77 Å². The lowest BCUT2D eigenvalue weighted by molar-refractivity contribution is -0.930. The van der Waals surface area contributed by atoms with E-state index in [0.29, 0.717) is 19.3 Å². The second kappa shape index (κ2) is 7.90. The second-order valence-corrected chi connectivity index (χ2v) is 7.76. The molecular formula is C19H26N5O2S+. The van der Waals surface area contributed by atoms with E-state index in [9.17, 15) is 4.79 Å². The van der Waals surface area contributed by atoms with Crippen molar-refractivity contribution in [2.45, 2.75) is 45.3 Å². The summed E-state index contributed by atoms with van der Waals surface area (Å²) in [5, 5.41) is 4.85. The van der Waals surface area contributed by atoms with Crippen LogP contribution in [0, 0.1) is 10.7 Å². The molecular weight excluding hydrogens is 362 g/mol. The zero-order valence-corrected chi connectivity index (χ0v) is 16.5. The van der Waals surface area contributed by atoms with Gasteiger partial charge in [-0.1, -0.05) is 0 Å². The van der Waals surface area contributed by atoms with Gasteiger partial charge in [0.25, 0.3) is 0 Å². The normalized spacial score (nSPS) is 22.6. The molecule has 1 aliphatic carbocycles. The molecule has 2 fully saturated rings. The van der Waals surface area contributed by atoms with E-state index in [1.165, 1.54) is 4.90 Å². The Hall–Kier alpha value is -2.06. The lowest BCUT2D eigenvalue weighted by Gasteiger charge is -2.28. The van der Waals surface area contributed by atoms with Gasteiger partial charge in [0.05, 0.1) is 19.7 Å². The minimum Gasteiger partial charge on any atom is -0.466 e. The number of carbonyl (C=O) groups is 1. The number of hydrogen-bond acceptors (Lipinski definition) is 5. The van der Waals surface area contributed by atoms with Gasteiger partial charge in [0.1, 0.15) is 5.92 Å². The number of hydrogen-bond donors (Lipinski definition) is 1. The minimum atomic E-state index is -0.0701. The Kier molecular flexibility index (Phi) is 5.36. The first kappa shape index (κ1) is 18.3. The number of carbonyl (C=O) groups excluding carboxylic acids is 1. The number of pyridine rings is 1. The van der Waals surface area contributed by atoms with Crippen LogP contribution in [0.1, 0.15) is 38.6 Å². The number of quaternary nitrogens is 1. The van der Waals surface area contributed by atoms with Crippen LogP contribution in [0.25, 0.3) is 11.4 Å². The Labute approximate surface area is 164 Å². The van der Waals surface area contributed by atoms with E-state index in [4.69, 9.17) is 22.1 Å². The lowest BCUT2D eigenvalue weighted by Crippen LogP contribution is -3.13.